The van der Waals surface area contributed by atoms with Crippen molar-refractivity contribution in [2.45, 2.75) is 38.1 Å². The van der Waals surface area contributed by atoms with Crippen molar-refractivity contribution in [2.75, 3.05) is 0 Å². The van der Waals surface area contributed by atoms with E-state index in [9.17, 15) is 9.59 Å². The molecule has 1 aromatic rings. The number of nitrogens with one attached hydrogen (secondary N) is 1. The Labute approximate surface area is 126 Å². The molecule has 1 aliphatic carbocycles. The Bertz CT molecular complexity index is 518. The molecular formula is C15H18BrNO3. The monoisotopic (exact) mass is 339 g/mol. The van der Waals surface area contributed by atoms with Crippen LogP contribution in [0.3, 0.4) is 0 Å². The molecule has 0 spiro atoms. The standard InChI is InChI=1S/C15H18BrNO3/c1-9(5-6-14(18)19)17-15(20)13-8-12(13)10-3-2-4-11(16)7-10/h2-4,7,9,12-13H,5-6,8H2,1H3,(H,17,20)(H,18,19). The average molecular weight is 340 g/mol. The van der Waals surface area contributed by atoms with Gasteiger partial charge in [0, 0.05) is 22.9 Å². The molecule has 0 aromatic heterocycles. The molecule has 4 nitrogen and oxygen atoms in total. The topological polar surface area (TPSA) is 66.4 Å². The number of carboxylic acids is 1. The maximum absolute atomic E-state index is 12.1. The molecule has 0 heterocycles. The predicted molar refractivity (Wildman–Crippen MR) is 79.5 cm³/mol. The van der Waals surface area contributed by atoms with Crippen LogP contribution in [0.15, 0.2) is 28.7 Å². The van der Waals surface area contributed by atoms with Crippen molar-refractivity contribution in [2.24, 2.45) is 5.92 Å². The zero-order chi connectivity index (χ0) is 14.7. The molecule has 1 fully saturated rings. The average Bonchev–Trinajstić information content (AvgIpc) is 3.16. The van der Waals surface area contributed by atoms with Gasteiger partial charge in [0.1, 0.15) is 0 Å². The van der Waals surface area contributed by atoms with Gasteiger partial charge in [0.05, 0.1) is 0 Å². The number of amides is 1. The Morgan fingerprint density at radius 3 is 2.90 bits per heavy atom. The first-order chi connectivity index (χ1) is 9.47. The number of carbonyl (C=O) groups excluding carboxylic acids is 1. The van der Waals surface area contributed by atoms with Gasteiger partial charge in [-0.3, -0.25) is 9.59 Å². The maximum atomic E-state index is 12.1. The van der Waals surface area contributed by atoms with Crippen LogP contribution in [0.4, 0.5) is 0 Å². The third-order valence-corrected chi connectivity index (χ3v) is 4.08. The minimum atomic E-state index is -0.829. The van der Waals surface area contributed by atoms with Crippen LogP contribution in [0.5, 0.6) is 0 Å². The largest absolute Gasteiger partial charge is 0.481 e. The van der Waals surface area contributed by atoms with Gasteiger partial charge in [-0.1, -0.05) is 28.1 Å². The van der Waals surface area contributed by atoms with Gasteiger partial charge < -0.3 is 10.4 Å². The van der Waals surface area contributed by atoms with Crippen molar-refractivity contribution in [1.82, 2.24) is 5.32 Å². The van der Waals surface area contributed by atoms with Gasteiger partial charge in [0.2, 0.25) is 5.91 Å². The molecule has 3 atom stereocenters. The number of halogens is 1. The fraction of sp³-hybridized carbons (Fsp3) is 0.467. The summed E-state index contributed by atoms with van der Waals surface area (Å²) in [7, 11) is 0. The second-order valence-corrected chi connectivity index (χ2v) is 6.26. The molecule has 0 aliphatic heterocycles. The number of rotatable bonds is 6. The van der Waals surface area contributed by atoms with Gasteiger partial charge in [-0.2, -0.15) is 0 Å². The van der Waals surface area contributed by atoms with E-state index in [1.807, 2.05) is 31.2 Å². The highest BCUT2D eigenvalue weighted by Gasteiger charge is 2.44. The summed E-state index contributed by atoms with van der Waals surface area (Å²) >= 11 is 3.43. The summed E-state index contributed by atoms with van der Waals surface area (Å²) in [6.45, 7) is 1.84. The molecule has 0 radical (unpaired) electrons. The first kappa shape index (κ1) is 15.0. The normalized spacial score (nSPS) is 22.1. The van der Waals surface area contributed by atoms with Gasteiger partial charge in [0.15, 0.2) is 0 Å². The Balaban J connectivity index is 1.82. The van der Waals surface area contributed by atoms with Crippen LogP contribution in [0, 0.1) is 5.92 Å². The highest BCUT2D eigenvalue weighted by Crippen LogP contribution is 2.48. The molecule has 1 aliphatic rings. The van der Waals surface area contributed by atoms with Crippen molar-refractivity contribution >= 4 is 27.8 Å². The van der Waals surface area contributed by atoms with Crippen LogP contribution < -0.4 is 5.32 Å². The minimum absolute atomic E-state index is 0.0246. The van der Waals surface area contributed by atoms with Gasteiger partial charge in [-0.25, -0.2) is 0 Å². The van der Waals surface area contributed by atoms with Crippen LogP contribution in [-0.4, -0.2) is 23.0 Å². The molecule has 0 bridgehead atoms. The highest BCUT2D eigenvalue weighted by atomic mass is 79.9. The third kappa shape index (κ3) is 4.07. The summed E-state index contributed by atoms with van der Waals surface area (Å²) in [5.41, 5.74) is 1.18. The summed E-state index contributed by atoms with van der Waals surface area (Å²) < 4.78 is 1.02. The van der Waals surface area contributed by atoms with E-state index in [1.54, 1.807) is 0 Å². The van der Waals surface area contributed by atoms with E-state index >= 15 is 0 Å². The molecule has 1 saturated carbocycles. The molecule has 2 N–H and O–H groups in total. The van der Waals surface area contributed by atoms with Crippen LogP contribution in [0.25, 0.3) is 0 Å². The fourth-order valence-corrected chi connectivity index (χ4v) is 2.77. The van der Waals surface area contributed by atoms with E-state index in [4.69, 9.17) is 5.11 Å². The lowest BCUT2D eigenvalue weighted by atomic mass is 10.1. The van der Waals surface area contributed by atoms with Gasteiger partial charge in [0.25, 0.3) is 0 Å². The summed E-state index contributed by atoms with van der Waals surface area (Å²) in [6, 6.07) is 7.93. The van der Waals surface area contributed by atoms with Gasteiger partial charge in [-0.05, 0) is 43.4 Å². The van der Waals surface area contributed by atoms with Crippen molar-refractivity contribution in [3.05, 3.63) is 34.3 Å². The first-order valence-electron chi connectivity index (χ1n) is 6.75. The summed E-state index contributed by atoms with van der Waals surface area (Å²) in [6.07, 6.45) is 1.42. The zero-order valence-electron chi connectivity index (χ0n) is 11.3. The van der Waals surface area contributed by atoms with E-state index in [2.05, 4.69) is 21.2 Å². The number of aliphatic carboxylic acids is 1. The van der Waals surface area contributed by atoms with Crippen molar-refractivity contribution in [3.8, 4) is 0 Å². The van der Waals surface area contributed by atoms with E-state index in [0.29, 0.717) is 12.3 Å². The number of hydrogen-bond acceptors (Lipinski definition) is 2. The number of hydrogen-bond donors (Lipinski definition) is 2. The molecule has 1 amide bonds. The lowest BCUT2D eigenvalue weighted by molar-refractivity contribution is -0.137. The highest BCUT2D eigenvalue weighted by molar-refractivity contribution is 9.10. The Kier molecular flexibility index (Phi) is 4.81. The Hall–Kier alpha value is -1.36. The lowest BCUT2D eigenvalue weighted by Gasteiger charge is -2.12. The number of carboxylic acid groups (broad SMARTS) is 1. The van der Waals surface area contributed by atoms with Gasteiger partial charge in [-0.15, -0.1) is 0 Å². The fourth-order valence-electron chi connectivity index (χ4n) is 2.35. The van der Waals surface area contributed by atoms with E-state index < -0.39 is 5.97 Å². The molecule has 20 heavy (non-hydrogen) atoms. The predicted octanol–water partition coefficient (Wildman–Crippen LogP) is 2.92. The van der Waals surface area contributed by atoms with Crippen LogP contribution in [0.1, 0.15) is 37.7 Å². The van der Waals surface area contributed by atoms with Crippen LogP contribution in [-0.2, 0) is 9.59 Å². The Morgan fingerprint density at radius 1 is 1.50 bits per heavy atom. The number of carbonyl (C=O) groups is 2. The second-order valence-electron chi connectivity index (χ2n) is 5.35. The SMILES string of the molecule is CC(CCC(=O)O)NC(=O)C1CC1c1cccc(Br)c1. The minimum Gasteiger partial charge on any atom is -0.481 e. The zero-order valence-corrected chi connectivity index (χ0v) is 12.9. The third-order valence-electron chi connectivity index (χ3n) is 3.58. The quantitative estimate of drug-likeness (QED) is 0.837. The van der Waals surface area contributed by atoms with E-state index in [0.717, 1.165) is 10.9 Å². The summed E-state index contributed by atoms with van der Waals surface area (Å²) in [5.74, 6) is -0.479. The second kappa shape index (κ2) is 6.39. The molecule has 5 heteroatoms. The van der Waals surface area contributed by atoms with Crippen LogP contribution >= 0.6 is 15.9 Å². The van der Waals surface area contributed by atoms with Crippen LogP contribution in [0.2, 0.25) is 0 Å². The molecule has 3 unspecified atom stereocenters. The molecule has 1 aromatic carbocycles. The molecule has 108 valence electrons. The van der Waals surface area contributed by atoms with Gasteiger partial charge >= 0.3 is 5.97 Å². The molecule has 0 saturated heterocycles. The van der Waals surface area contributed by atoms with Crippen molar-refractivity contribution < 1.29 is 14.7 Å². The van der Waals surface area contributed by atoms with Crippen molar-refractivity contribution in [1.29, 1.82) is 0 Å². The first-order valence-corrected chi connectivity index (χ1v) is 7.54. The number of benzene rings is 1. The van der Waals surface area contributed by atoms with E-state index in [1.165, 1.54) is 5.56 Å². The molecular weight excluding hydrogens is 322 g/mol. The smallest absolute Gasteiger partial charge is 0.303 e. The van der Waals surface area contributed by atoms with E-state index in [-0.39, 0.29) is 24.3 Å². The molecule has 2 rings (SSSR count). The lowest BCUT2D eigenvalue weighted by Crippen LogP contribution is -2.34. The summed E-state index contributed by atoms with van der Waals surface area (Å²) in [5, 5.41) is 11.5. The maximum Gasteiger partial charge on any atom is 0.303 e. The van der Waals surface area contributed by atoms with Crippen molar-refractivity contribution in [3.63, 3.8) is 0 Å². The Morgan fingerprint density at radius 2 is 2.25 bits per heavy atom. The summed E-state index contributed by atoms with van der Waals surface area (Å²) in [4.78, 5) is 22.5.